The van der Waals surface area contributed by atoms with Crippen LogP contribution in [0.25, 0.3) is 11.4 Å². The zero-order valence-electron chi connectivity index (χ0n) is 11.8. The van der Waals surface area contributed by atoms with Crippen LogP contribution in [0.5, 0.6) is 0 Å². The molecular formula is C15H21N3O. The van der Waals surface area contributed by atoms with Gasteiger partial charge in [0, 0.05) is 12.1 Å². The fourth-order valence-corrected chi connectivity index (χ4v) is 1.98. The van der Waals surface area contributed by atoms with E-state index in [-0.39, 0.29) is 5.92 Å². The van der Waals surface area contributed by atoms with Gasteiger partial charge < -0.3 is 10.3 Å². The van der Waals surface area contributed by atoms with Crippen molar-refractivity contribution < 1.29 is 4.52 Å². The highest BCUT2D eigenvalue weighted by atomic mass is 16.5. The molecule has 0 spiro atoms. The Kier molecular flexibility index (Phi) is 4.32. The van der Waals surface area contributed by atoms with Crippen molar-refractivity contribution in [3.63, 3.8) is 0 Å². The van der Waals surface area contributed by atoms with Crippen LogP contribution >= 0.6 is 0 Å². The predicted molar refractivity (Wildman–Crippen MR) is 75.9 cm³/mol. The molecule has 0 saturated carbocycles. The highest BCUT2D eigenvalue weighted by Crippen LogP contribution is 2.23. The van der Waals surface area contributed by atoms with Gasteiger partial charge in [-0.15, -0.1) is 0 Å². The summed E-state index contributed by atoms with van der Waals surface area (Å²) in [4.78, 5) is 4.44. The average molecular weight is 259 g/mol. The lowest BCUT2D eigenvalue weighted by atomic mass is 10.0. The molecule has 1 unspecified atom stereocenters. The van der Waals surface area contributed by atoms with Gasteiger partial charge in [0.2, 0.25) is 11.7 Å². The van der Waals surface area contributed by atoms with E-state index < -0.39 is 0 Å². The molecule has 1 heterocycles. The predicted octanol–water partition coefficient (Wildman–Crippen LogP) is 3.31. The van der Waals surface area contributed by atoms with Gasteiger partial charge in [-0.25, -0.2) is 0 Å². The summed E-state index contributed by atoms with van der Waals surface area (Å²) in [6.07, 6.45) is 0.907. The molecule has 2 rings (SSSR count). The molecule has 1 aromatic carbocycles. The van der Waals surface area contributed by atoms with Gasteiger partial charge >= 0.3 is 0 Å². The Balaban J connectivity index is 2.22. The Morgan fingerprint density at radius 2 is 1.89 bits per heavy atom. The summed E-state index contributed by atoms with van der Waals surface area (Å²) in [5.74, 6) is 1.94. The molecule has 1 aromatic heterocycles. The van der Waals surface area contributed by atoms with E-state index in [9.17, 15) is 0 Å². The van der Waals surface area contributed by atoms with Crippen molar-refractivity contribution in [2.75, 3.05) is 6.54 Å². The minimum atomic E-state index is 0.149. The molecule has 0 bridgehead atoms. The van der Waals surface area contributed by atoms with Crippen LogP contribution in [0, 0.1) is 0 Å². The first-order valence-corrected chi connectivity index (χ1v) is 6.79. The van der Waals surface area contributed by atoms with Crippen LogP contribution in [0.1, 0.15) is 50.5 Å². The third-order valence-corrected chi connectivity index (χ3v) is 3.40. The van der Waals surface area contributed by atoms with Crippen LogP contribution in [0.2, 0.25) is 0 Å². The van der Waals surface area contributed by atoms with Crippen molar-refractivity contribution in [2.45, 2.75) is 39.0 Å². The Labute approximate surface area is 114 Å². The highest BCUT2D eigenvalue weighted by molar-refractivity contribution is 5.54. The van der Waals surface area contributed by atoms with Gasteiger partial charge in [-0.3, -0.25) is 0 Å². The molecule has 0 aliphatic carbocycles. The summed E-state index contributed by atoms with van der Waals surface area (Å²) in [7, 11) is 0. The van der Waals surface area contributed by atoms with Crippen LogP contribution in [0.3, 0.4) is 0 Å². The van der Waals surface area contributed by atoms with E-state index in [1.807, 2.05) is 12.1 Å². The lowest BCUT2D eigenvalue weighted by Crippen LogP contribution is -2.11. The van der Waals surface area contributed by atoms with E-state index in [0.717, 1.165) is 12.0 Å². The molecule has 0 aliphatic rings. The van der Waals surface area contributed by atoms with Gasteiger partial charge in [0.1, 0.15) is 0 Å². The van der Waals surface area contributed by atoms with E-state index in [0.29, 0.717) is 24.2 Å². The number of aromatic nitrogens is 2. The maximum atomic E-state index is 5.69. The maximum Gasteiger partial charge on any atom is 0.231 e. The molecule has 19 heavy (non-hydrogen) atoms. The smallest absolute Gasteiger partial charge is 0.231 e. The highest BCUT2D eigenvalue weighted by Gasteiger charge is 2.16. The van der Waals surface area contributed by atoms with Crippen molar-refractivity contribution in [1.82, 2.24) is 10.1 Å². The quantitative estimate of drug-likeness (QED) is 0.894. The molecule has 0 saturated heterocycles. The minimum Gasteiger partial charge on any atom is -0.339 e. The number of nitrogens with zero attached hydrogens (tertiary/aromatic N) is 2. The zero-order chi connectivity index (χ0) is 13.8. The lowest BCUT2D eigenvalue weighted by molar-refractivity contribution is 0.351. The molecule has 102 valence electrons. The molecule has 1 atom stereocenters. The lowest BCUT2D eigenvalue weighted by Gasteiger charge is -2.05. The molecule has 4 nitrogen and oxygen atoms in total. The Morgan fingerprint density at radius 1 is 1.21 bits per heavy atom. The van der Waals surface area contributed by atoms with Gasteiger partial charge in [-0.1, -0.05) is 50.2 Å². The van der Waals surface area contributed by atoms with Gasteiger partial charge in [0.05, 0.1) is 5.92 Å². The Bertz CT molecular complexity index is 512. The number of nitrogens with two attached hydrogens (primary N) is 1. The van der Waals surface area contributed by atoms with Crippen molar-refractivity contribution in [3.8, 4) is 11.4 Å². The van der Waals surface area contributed by atoms with E-state index >= 15 is 0 Å². The first-order chi connectivity index (χ1) is 9.15. The fourth-order valence-electron chi connectivity index (χ4n) is 1.98. The van der Waals surface area contributed by atoms with Gasteiger partial charge in [0.25, 0.3) is 0 Å². The second-order valence-corrected chi connectivity index (χ2v) is 5.07. The third-order valence-electron chi connectivity index (χ3n) is 3.40. The van der Waals surface area contributed by atoms with Crippen LogP contribution < -0.4 is 5.73 Å². The first-order valence-electron chi connectivity index (χ1n) is 6.79. The van der Waals surface area contributed by atoms with Crippen molar-refractivity contribution in [2.24, 2.45) is 5.73 Å². The molecule has 0 amide bonds. The van der Waals surface area contributed by atoms with Gasteiger partial charge in [0.15, 0.2) is 0 Å². The molecule has 0 radical (unpaired) electrons. The molecule has 4 heteroatoms. The summed E-state index contributed by atoms with van der Waals surface area (Å²) in [5, 5.41) is 4.04. The normalized spacial score (nSPS) is 12.9. The van der Waals surface area contributed by atoms with E-state index in [2.05, 4.69) is 43.0 Å². The summed E-state index contributed by atoms with van der Waals surface area (Å²) in [5.41, 5.74) is 7.97. The van der Waals surface area contributed by atoms with E-state index in [1.165, 1.54) is 5.56 Å². The largest absolute Gasteiger partial charge is 0.339 e. The standard InChI is InChI=1S/C15H21N3O/c1-4-11(9-16)15-17-14(18-19-15)13-7-5-12(6-8-13)10(2)3/h5-8,10-11H,4,9,16H2,1-3H3. The van der Waals surface area contributed by atoms with Crippen molar-refractivity contribution in [3.05, 3.63) is 35.7 Å². The molecule has 2 aromatic rings. The van der Waals surface area contributed by atoms with Crippen molar-refractivity contribution >= 4 is 0 Å². The number of hydrogen-bond donors (Lipinski definition) is 1. The van der Waals surface area contributed by atoms with Crippen LogP contribution in [0.4, 0.5) is 0 Å². The van der Waals surface area contributed by atoms with Gasteiger partial charge in [-0.05, 0) is 17.9 Å². The van der Waals surface area contributed by atoms with Crippen molar-refractivity contribution in [1.29, 1.82) is 0 Å². The van der Waals surface area contributed by atoms with E-state index in [1.54, 1.807) is 0 Å². The van der Waals surface area contributed by atoms with Gasteiger partial charge in [-0.2, -0.15) is 4.98 Å². The Morgan fingerprint density at radius 3 is 2.42 bits per heavy atom. The summed E-state index contributed by atoms with van der Waals surface area (Å²) in [6.45, 7) is 6.95. The first kappa shape index (κ1) is 13.7. The van der Waals surface area contributed by atoms with E-state index in [4.69, 9.17) is 10.3 Å². The fraction of sp³-hybridized carbons (Fsp3) is 0.467. The molecular weight excluding hydrogens is 238 g/mol. The molecule has 0 aliphatic heterocycles. The summed E-state index contributed by atoms with van der Waals surface area (Å²) >= 11 is 0. The minimum absolute atomic E-state index is 0.149. The second-order valence-electron chi connectivity index (χ2n) is 5.07. The zero-order valence-corrected chi connectivity index (χ0v) is 11.8. The topological polar surface area (TPSA) is 64.9 Å². The monoisotopic (exact) mass is 259 g/mol. The molecule has 2 N–H and O–H groups in total. The molecule has 0 fully saturated rings. The van der Waals surface area contributed by atoms with Crippen LogP contribution in [-0.2, 0) is 0 Å². The number of rotatable bonds is 5. The average Bonchev–Trinajstić information content (AvgIpc) is 2.90. The van der Waals surface area contributed by atoms with Crippen LogP contribution in [-0.4, -0.2) is 16.7 Å². The van der Waals surface area contributed by atoms with Crippen LogP contribution in [0.15, 0.2) is 28.8 Å². The summed E-state index contributed by atoms with van der Waals surface area (Å²) in [6, 6.07) is 8.28. The number of benzene rings is 1. The second kappa shape index (κ2) is 5.97. The SMILES string of the molecule is CCC(CN)c1nc(-c2ccc(C(C)C)cc2)no1. The summed E-state index contributed by atoms with van der Waals surface area (Å²) < 4.78 is 5.30. The number of hydrogen-bond acceptors (Lipinski definition) is 4. The third kappa shape index (κ3) is 3.01. The Hall–Kier alpha value is -1.68. The maximum absolute atomic E-state index is 5.69.